The summed E-state index contributed by atoms with van der Waals surface area (Å²) in [5.41, 5.74) is -0.186. The molecule has 0 amide bonds. The van der Waals surface area contributed by atoms with E-state index in [0.717, 1.165) is 0 Å². The molecule has 1 aromatic rings. The number of hydrogen-bond donors (Lipinski definition) is 0. The summed E-state index contributed by atoms with van der Waals surface area (Å²) in [7, 11) is 0. The van der Waals surface area contributed by atoms with E-state index in [1.165, 1.54) is 4.46 Å². The normalized spacial score (nSPS) is 28.0. The molecule has 0 radical (unpaired) electrons. The van der Waals surface area contributed by atoms with Gasteiger partial charge < -0.3 is 0 Å². The van der Waals surface area contributed by atoms with Crippen molar-refractivity contribution >= 4 is 25.4 Å². The van der Waals surface area contributed by atoms with Crippen LogP contribution in [-0.2, 0) is 14.3 Å². The standard InChI is InChI=1S/C15H20O3Se/c1-10-12(19-11-8-6-5-7-9-11)13(16)18-14(17-10)15(2,3)4/h5-10,12,14H,1-4H3. The first-order valence-corrected chi connectivity index (χ1v) is 8.30. The molecule has 0 bridgehead atoms. The maximum absolute atomic E-state index is 12.2. The molecular formula is C15H20O3Se. The first-order valence-electron chi connectivity index (χ1n) is 6.45. The zero-order valence-corrected chi connectivity index (χ0v) is 13.5. The van der Waals surface area contributed by atoms with Crippen LogP contribution in [0.2, 0.25) is 4.82 Å². The Bertz CT molecular complexity index is 438. The van der Waals surface area contributed by atoms with Gasteiger partial charge in [0, 0.05) is 0 Å². The first-order chi connectivity index (χ1) is 8.88. The molecule has 1 aliphatic rings. The summed E-state index contributed by atoms with van der Waals surface area (Å²) in [6.45, 7) is 8.01. The van der Waals surface area contributed by atoms with Crippen LogP contribution in [0, 0.1) is 5.41 Å². The van der Waals surface area contributed by atoms with Crippen LogP contribution >= 0.6 is 0 Å². The van der Waals surface area contributed by atoms with Gasteiger partial charge in [0.25, 0.3) is 0 Å². The van der Waals surface area contributed by atoms with Gasteiger partial charge in [0.05, 0.1) is 0 Å². The van der Waals surface area contributed by atoms with Crippen molar-refractivity contribution in [2.75, 3.05) is 0 Å². The second-order valence-electron chi connectivity index (χ2n) is 5.83. The monoisotopic (exact) mass is 328 g/mol. The predicted octanol–water partition coefficient (Wildman–Crippen LogP) is 2.14. The Labute approximate surface area is 120 Å². The average Bonchev–Trinajstić information content (AvgIpc) is 2.33. The fraction of sp³-hybridized carbons (Fsp3) is 0.533. The van der Waals surface area contributed by atoms with E-state index in [0.29, 0.717) is 0 Å². The molecule has 0 aromatic heterocycles. The van der Waals surface area contributed by atoms with Crippen molar-refractivity contribution < 1.29 is 14.3 Å². The summed E-state index contributed by atoms with van der Waals surface area (Å²) in [4.78, 5) is 12.0. The van der Waals surface area contributed by atoms with Gasteiger partial charge in [-0.1, -0.05) is 0 Å². The predicted molar refractivity (Wildman–Crippen MR) is 75.5 cm³/mol. The maximum atomic E-state index is 12.2. The van der Waals surface area contributed by atoms with E-state index in [2.05, 4.69) is 12.1 Å². The van der Waals surface area contributed by atoms with Crippen LogP contribution in [0.4, 0.5) is 0 Å². The Morgan fingerprint density at radius 1 is 1.16 bits per heavy atom. The zero-order chi connectivity index (χ0) is 14.0. The van der Waals surface area contributed by atoms with E-state index >= 15 is 0 Å². The van der Waals surface area contributed by atoms with Crippen LogP contribution < -0.4 is 4.46 Å². The minimum atomic E-state index is -0.446. The fourth-order valence-electron chi connectivity index (χ4n) is 1.83. The Morgan fingerprint density at radius 2 is 1.79 bits per heavy atom. The quantitative estimate of drug-likeness (QED) is 0.617. The Hall–Kier alpha value is -0.831. The number of carbonyl (C=O) groups is 1. The molecule has 1 heterocycles. The number of benzene rings is 1. The van der Waals surface area contributed by atoms with Crippen LogP contribution in [0.15, 0.2) is 30.3 Å². The van der Waals surface area contributed by atoms with Gasteiger partial charge >= 0.3 is 120 Å². The van der Waals surface area contributed by atoms with Gasteiger partial charge in [-0.2, -0.15) is 0 Å². The second kappa shape index (κ2) is 5.66. The molecule has 104 valence electrons. The number of ether oxygens (including phenoxy) is 2. The van der Waals surface area contributed by atoms with E-state index in [9.17, 15) is 4.79 Å². The summed E-state index contributed by atoms with van der Waals surface area (Å²) < 4.78 is 12.5. The van der Waals surface area contributed by atoms with Crippen LogP contribution in [-0.4, -0.2) is 33.3 Å². The van der Waals surface area contributed by atoms with Crippen LogP contribution in [0.5, 0.6) is 0 Å². The van der Waals surface area contributed by atoms with Gasteiger partial charge in [-0.15, -0.1) is 0 Å². The number of esters is 1. The first kappa shape index (κ1) is 14.6. The van der Waals surface area contributed by atoms with Crippen LogP contribution in [0.25, 0.3) is 0 Å². The van der Waals surface area contributed by atoms with Crippen molar-refractivity contribution in [1.29, 1.82) is 0 Å². The van der Waals surface area contributed by atoms with Crippen molar-refractivity contribution in [2.24, 2.45) is 5.41 Å². The molecule has 0 N–H and O–H groups in total. The summed E-state index contributed by atoms with van der Waals surface area (Å²) in [5.74, 6) is -0.123. The van der Waals surface area contributed by atoms with E-state index in [1.54, 1.807) is 0 Å². The Balaban J connectivity index is 2.06. The third kappa shape index (κ3) is 3.59. The molecule has 1 aromatic carbocycles. The molecule has 4 heteroatoms. The summed E-state index contributed by atoms with van der Waals surface area (Å²) in [5, 5.41) is 0. The fourth-order valence-corrected chi connectivity index (χ4v) is 3.96. The average molecular weight is 327 g/mol. The molecule has 19 heavy (non-hydrogen) atoms. The number of cyclic esters (lactones) is 1. The van der Waals surface area contributed by atoms with Gasteiger partial charge in [0.15, 0.2) is 0 Å². The SMILES string of the molecule is CC1OC(C(C)(C)C)OC(=O)C1[Se]c1ccccc1. The molecule has 1 fully saturated rings. The van der Waals surface area contributed by atoms with Crippen LogP contribution in [0.3, 0.4) is 0 Å². The third-order valence-corrected chi connectivity index (χ3v) is 5.82. The van der Waals surface area contributed by atoms with Gasteiger partial charge in [-0.25, -0.2) is 0 Å². The van der Waals surface area contributed by atoms with Crippen molar-refractivity contribution in [3.63, 3.8) is 0 Å². The van der Waals surface area contributed by atoms with Gasteiger partial charge in [0.1, 0.15) is 0 Å². The van der Waals surface area contributed by atoms with Gasteiger partial charge in [0.2, 0.25) is 0 Å². The summed E-state index contributed by atoms with van der Waals surface area (Å²) in [6.07, 6.45) is -0.538. The summed E-state index contributed by atoms with van der Waals surface area (Å²) >= 11 is 0.0423. The minimum absolute atomic E-state index is 0.0423. The third-order valence-electron chi connectivity index (χ3n) is 2.93. The van der Waals surface area contributed by atoms with E-state index in [4.69, 9.17) is 9.47 Å². The summed E-state index contributed by atoms with van der Waals surface area (Å²) in [6, 6.07) is 10.1. The molecule has 1 saturated heterocycles. The van der Waals surface area contributed by atoms with Gasteiger partial charge in [-0.3, -0.25) is 0 Å². The molecule has 0 saturated carbocycles. The van der Waals surface area contributed by atoms with E-state index in [-0.39, 0.29) is 37.3 Å². The molecule has 0 aliphatic carbocycles. The number of rotatable bonds is 2. The van der Waals surface area contributed by atoms with Crippen molar-refractivity contribution in [2.45, 2.75) is 44.9 Å². The molecule has 1 aliphatic heterocycles. The molecule has 3 atom stereocenters. The van der Waals surface area contributed by atoms with E-state index < -0.39 is 6.29 Å². The second-order valence-corrected chi connectivity index (χ2v) is 8.38. The Morgan fingerprint density at radius 3 is 2.32 bits per heavy atom. The van der Waals surface area contributed by atoms with Crippen LogP contribution in [0.1, 0.15) is 27.7 Å². The van der Waals surface area contributed by atoms with E-state index in [1.807, 2.05) is 45.9 Å². The van der Waals surface area contributed by atoms with Gasteiger partial charge in [-0.05, 0) is 0 Å². The molecule has 2 rings (SSSR count). The number of hydrogen-bond acceptors (Lipinski definition) is 3. The number of carbonyl (C=O) groups excluding carboxylic acids is 1. The van der Waals surface area contributed by atoms with Crippen molar-refractivity contribution in [3.8, 4) is 0 Å². The molecular weight excluding hydrogens is 307 g/mol. The zero-order valence-electron chi connectivity index (χ0n) is 11.8. The molecule has 3 unspecified atom stereocenters. The molecule has 3 nitrogen and oxygen atoms in total. The van der Waals surface area contributed by atoms with Crippen molar-refractivity contribution in [1.82, 2.24) is 0 Å². The van der Waals surface area contributed by atoms with Crippen molar-refractivity contribution in [3.05, 3.63) is 30.3 Å². The Kier molecular flexibility index (Phi) is 4.34. The topological polar surface area (TPSA) is 35.5 Å². The molecule has 0 spiro atoms.